The zero-order valence-corrected chi connectivity index (χ0v) is 31.0. The number of nitrogens with one attached hydrogen (secondary N) is 1. The van der Waals surface area contributed by atoms with E-state index in [0.29, 0.717) is 38.5 Å². The highest BCUT2D eigenvalue weighted by Gasteiger charge is 2.33. The first-order chi connectivity index (χ1) is 24.8. The quantitative estimate of drug-likeness (QED) is 0.182. The molecule has 53 heavy (non-hydrogen) atoms. The number of amides is 2. The van der Waals surface area contributed by atoms with Crippen molar-refractivity contribution in [3.63, 3.8) is 0 Å². The second kappa shape index (κ2) is 14.0. The first-order valence-corrected chi connectivity index (χ1v) is 17.3. The van der Waals surface area contributed by atoms with E-state index in [4.69, 9.17) is 37.4 Å². The molecule has 0 spiro atoms. The van der Waals surface area contributed by atoms with E-state index in [9.17, 15) is 27.6 Å². The summed E-state index contributed by atoms with van der Waals surface area (Å²) in [5.41, 5.74) is 0.177. The minimum absolute atomic E-state index is 0.00347. The van der Waals surface area contributed by atoms with Crippen LogP contribution >= 0.6 is 23.2 Å². The molecule has 1 N–H and O–H groups in total. The molecule has 0 radical (unpaired) electrons. The summed E-state index contributed by atoms with van der Waals surface area (Å²) < 4.78 is 52.3. The highest BCUT2D eigenvalue weighted by molar-refractivity contribution is 6.42. The molecule has 278 valence electrons. The molecular weight excluding hydrogens is 736 g/mol. The van der Waals surface area contributed by atoms with Crippen LogP contribution in [0.2, 0.25) is 10.0 Å². The van der Waals surface area contributed by atoms with Gasteiger partial charge in [-0.1, -0.05) is 40.5 Å². The van der Waals surface area contributed by atoms with Crippen LogP contribution in [0.5, 0.6) is 0 Å². The molecule has 1 aliphatic rings. The van der Waals surface area contributed by atoms with Crippen LogP contribution in [0.4, 0.5) is 29.7 Å². The van der Waals surface area contributed by atoms with Crippen LogP contribution in [0.1, 0.15) is 73.4 Å². The fourth-order valence-corrected chi connectivity index (χ4v) is 6.31. The van der Waals surface area contributed by atoms with Gasteiger partial charge < -0.3 is 19.5 Å². The molecule has 0 unspecified atom stereocenters. The smallest absolute Gasteiger partial charge is 0.416 e. The van der Waals surface area contributed by atoms with Gasteiger partial charge in [0.1, 0.15) is 5.60 Å². The lowest BCUT2D eigenvalue weighted by Gasteiger charge is -2.35. The second-order valence-corrected chi connectivity index (χ2v) is 14.6. The van der Waals surface area contributed by atoms with E-state index in [0.717, 1.165) is 12.1 Å². The Bertz CT molecular complexity index is 2280. The molecule has 0 fully saturated rings. The Morgan fingerprint density at radius 3 is 2.38 bits per heavy atom. The average molecular weight is 772 g/mol. The number of hydrogen-bond donors (Lipinski definition) is 1. The lowest BCUT2D eigenvalue weighted by atomic mass is 9.98. The molecule has 2 atom stereocenters. The van der Waals surface area contributed by atoms with E-state index < -0.39 is 41.1 Å². The number of carbonyl (C=O) groups excluding carboxylic acids is 2. The molecule has 0 bridgehead atoms. The minimum Gasteiger partial charge on any atom is -0.443 e. The van der Waals surface area contributed by atoms with Crippen LogP contribution < -0.4 is 15.8 Å². The largest absolute Gasteiger partial charge is 0.443 e. The predicted octanol–water partition coefficient (Wildman–Crippen LogP) is 8.83. The number of alkyl halides is 3. The standard InChI is InChI=1S/C37H35Cl2F3N6O5/c1-19-15-26-29(18-47(19)32(49)22-9-14-27(38)28(39)16-22)44-34(43-20(2)21-7-10-23(11-8-21)37(40,41)42)48(33(26)50)24-12-13-25-30(17-24)53-45-31(25)46(6)35(51)52-36(3,4)5/h7-14,16-17,19-20H,15,18H2,1-6H3,(H,43,44)/t19-,20+/m1/s1. The van der Waals surface area contributed by atoms with Gasteiger partial charge in [-0.15, -0.1) is 0 Å². The van der Waals surface area contributed by atoms with Crippen molar-refractivity contribution in [2.75, 3.05) is 17.3 Å². The van der Waals surface area contributed by atoms with Crippen molar-refractivity contribution in [2.24, 2.45) is 0 Å². The number of ether oxygens (including phenoxy) is 1. The highest BCUT2D eigenvalue weighted by atomic mass is 35.5. The Morgan fingerprint density at radius 1 is 1.04 bits per heavy atom. The van der Waals surface area contributed by atoms with Crippen LogP contribution in [0.15, 0.2) is 70.0 Å². The molecule has 6 rings (SSSR count). The summed E-state index contributed by atoms with van der Waals surface area (Å²) in [6.07, 6.45) is -4.97. The van der Waals surface area contributed by atoms with Crippen LogP contribution in [-0.2, 0) is 23.9 Å². The number of benzene rings is 3. The van der Waals surface area contributed by atoms with Crippen LogP contribution in [0.25, 0.3) is 16.7 Å². The average Bonchev–Trinajstić information content (AvgIpc) is 3.51. The number of anilines is 2. The minimum atomic E-state index is -4.51. The highest BCUT2D eigenvalue weighted by Crippen LogP contribution is 2.33. The molecule has 2 amide bonds. The zero-order chi connectivity index (χ0) is 38.6. The summed E-state index contributed by atoms with van der Waals surface area (Å²) in [6.45, 7) is 8.77. The normalized spacial score (nSPS) is 15.2. The number of carbonyl (C=O) groups is 2. The van der Waals surface area contributed by atoms with Crippen LogP contribution in [0, 0.1) is 0 Å². The molecule has 3 aromatic carbocycles. The maximum absolute atomic E-state index is 14.5. The molecule has 0 aliphatic carbocycles. The molecule has 11 nitrogen and oxygen atoms in total. The number of fused-ring (bicyclic) bond motifs is 2. The molecule has 5 aromatic rings. The van der Waals surface area contributed by atoms with Crippen LogP contribution in [-0.4, -0.2) is 50.3 Å². The summed E-state index contributed by atoms with van der Waals surface area (Å²) in [5.74, 6) is -0.0580. The van der Waals surface area contributed by atoms with E-state index in [2.05, 4.69) is 10.5 Å². The molecule has 0 saturated carbocycles. The Morgan fingerprint density at radius 2 is 1.74 bits per heavy atom. The van der Waals surface area contributed by atoms with Gasteiger partial charge in [0.15, 0.2) is 11.4 Å². The number of nitrogens with zero attached hydrogens (tertiary/aromatic N) is 5. The first-order valence-electron chi connectivity index (χ1n) is 16.5. The van der Waals surface area contributed by atoms with E-state index in [-0.39, 0.29) is 41.2 Å². The Hall–Kier alpha value is -5.08. The van der Waals surface area contributed by atoms with Crippen molar-refractivity contribution < 1.29 is 32.0 Å². The van der Waals surface area contributed by atoms with Crippen molar-refractivity contribution >= 4 is 57.9 Å². The topological polar surface area (TPSA) is 123 Å². The summed E-state index contributed by atoms with van der Waals surface area (Å²) in [6, 6.07) is 13.1. The first kappa shape index (κ1) is 37.7. The molecule has 2 aromatic heterocycles. The van der Waals surface area contributed by atoms with Gasteiger partial charge in [-0.25, -0.2) is 14.3 Å². The summed E-state index contributed by atoms with van der Waals surface area (Å²) >= 11 is 12.3. The number of aromatic nitrogens is 3. The third-order valence-electron chi connectivity index (χ3n) is 8.80. The Kier molecular flexibility index (Phi) is 9.99. The van der Waals surface area contributed by atoms with Crippen molar-refractivity contribution in [2.45, 2.75) is 71.4 Å². The molecule has 0 saturated heterocycles. The van der Waals surface area contributed by atoms with Gasteiger partial charge in [0, 0.05) is 30.3 Å². The van der Waals surface area contributed by atoms with Gasteiger partial charge in [0.25, 0.3) is 11.5 Å². The molecule has 3 heterocycles. The van der Waals surface area contributed by atoms with Gasteiger partial charge in [-0.05, 0) is 89.1 Å². The monoisotopic (exact) mass is 770 g/mol. The van der Waals surface area contributed by atoms with Gasteiger partial charge in [-0.2, -0.15) is 13.2 Å². The maximum atomic E-state index is 14.5. The zero-order valence-electron chi connectivity index (χ0n) is 29.5. The third-order valence-corrected chi connectivity index (χ3v) is 9.54. The van der Waals surface area contributed by atoms with E-state index in [1.807, 2.05) is 6.92 Å². The second-order valence-electron chi connectivity index (χ2n) is 13.8. The van der Waals surface area contributed by atoms with E-state index >= 15 is 0 Å². The summed E-state index contributed by atoms with van der Waals surface area (Å²) in [4.78, 5) is 48.5. The SMILES string of the molecule is C[C@H](Nc1nc2c(c(=O)n1-c1ccc3c(N(C)C(=O)OC(C)(C)C)noc3c1)C[C@@H](C)N(C(=O)c1ccc(Cl)c(Cl)c1)C2)c1ccc(C(F)(F)F)cc1. The maximum Gasteiger partial charge on any atom is 0.416 e. The number of halogens is 5. The van der Waals surface area contributed by atoms with Gasteiger partial charge >= 0.3 is 12.3 Å². The predicted molar refractivity (Wildman–Crippen MR) is 195 cm³/mol. The van der Waals surface area contributed by atoms with Gasteiger partial charge in [0.2, 0.25) is 5.95 Å². The Labute approximate surface area is 312 Å². The van der Waals surface area contributed by atoms with E-state index in [1.54, 1.807) is 56.9 Å². The lowest BCUT2D eigenvalue weighted by Crippen LogP contribution is -2.46. The third kappa shape index (κ3) is 7.70. The molecular formula is C37H35Cl2F3N6O5. The summed E-state index contributed by atoms with van der Waals surface area (Å²) in [7, 11) is 1.50. The fraction of sp³-hybridized carbons (Fsp3) is 0.324. The van der Waals surface area contributed by atoms with Crippen molar-refractivity contribution in [3.8, 4) is 5.69 Å². The molecule has 16 heteroatoms. The number of hydrogen-bond acceptors (Lipinski definition) is 8. The van der Waals surface area contributed by atoms with Crippen molar-refractivity contribution in [1.82, 2.24) is 19.6 Å². The van der Waals surface area contributed by atoms with Gasteiger partial charge in [0.05, 0.1) is 45.0 Å². The van der Waals surface area contributed by atoms with E-state index in [1.165, 1.54) is 40.8 Å². The Balaban J connectivity index is 1.41. The lowest BCUT2D eigenvalue weighted by molar-refractivity contribution is -0.137. The molecule has 1 aliphatic heterocycles. The number of rotatable bonds is 6. The van der Waals surface area contributed by atoms with Crippen molar-refractivity contribution in [1.29, 1.82) is 0 Å². The van der Waals surface area contributed by atoms with Crippen molar-refractivity contribution in [3.05, 3.63) is 109 Å². The summed E-state index contributed by atoms with van der Waals surface area (Å²) in [5, 5.41) is 8.27. The van der Waals surface area contributed by atoms with Gasteiger partial charge in [-0.3, -0.25) is 14.5 Å². The fourth-order valence-electron chi connectivity index (χ4n) is 6.01. The van der Waals surface area contributed by atoms with Crippen LogP contribution in [0.3, 0.4) is 0 Å².